The van der Waals surface area contributed by atoms with Crippen molar-refractivity contribution in [2.24, 2.45) is 0 Å². The number of hydrogen-bond donors (Lipinski definition) is 2. The fourth-order valence-corrected chi connectivity index (χ4v) is 3.01. The molecular weight excluding hydrogens is 246 g/mol. The summed E-state index contributed by atoms with van der Waals surface area (Å²) < 4.78 is -0.0443. The van der Waals surface area contributed by atoms with E-state index in [1.807, 2.05) is 19.2 Å². The summed E-state index contributed by atoms with van der Waals surface area (Å²) in [6, 6.07) is 1.82. The molecular formula is C13H19N3OS. The maximum absolute atomic E-state index is 12.1. The number of carbonyl (C=O) groups is 1. The zero-order chi connectivity index (χ0) is 13.2. The number of hydrogen-bond acceptors (Lipinski definition) is 4. The Labute approximate surface area is 112 Å². The second-order valence-corrected chi connectivity index (χ2v) is 6.68. The van der Waals surface area contributed by atoms with Crippen molar-refractivity contribution in [3.63, 3.8) is 0 Å². The average Bonchev–Trinajstić information content (AvgIpc) is 2.67. The molecule has 1 aliphatic rings. The van der Waals surface area contributed by atoms with Crippen LogP contribution in [0.1, 0.15) is 25.0 Å². The van der Waals surface area contributed by atoms with Crippen molar-refractivity contribution < 1.29 is 4.79 Å². The van der Waals surface area contributed by atoms with Crippen LogP contribution in [0, 0.1) is 6.92 Å². The second-order valence-electron chi connectivity index (χ2n) is 5.05. The summed E-state index contributed by atoms with van der Waals surface area (Å²) in [5.74, 6) is 0.903. The predicted molar refractivity (Wildman–Crippen MR) is 74.3 cm³/mol. The first-order valence-electron chi connectivity index (χ1n) is 6.05. The van der Waals surface area contributed by atoms with Gasteiger partial charge in [0.05, 0.1) is 0 Å². The molecule has 0 saturated carbocycles. The van der Waals surface area contributed by atoms with E-state index in [1.165, 1.54) is 0 Å². The van der Waals surface area contributed by atoms with Crippen LogP contribution in [0.4, 0.5) is 0 Å². The summed E-state index contributed by atoms with van der Waals surface area (Å²) in [6.45, 7) is 6.76. The monoisotopic (exact) mass is 265 g/mol. The van der Waals surface area contributed by atoms with E-state index >= 15 is 0 Å². The second kappa shape index (κ2) is 5.28. The molecule has 0 aliphatic carbocycles. The van der Waals surface area contributed by atoms with Gasteiger partial charge >= 0.3 is 0 Å². The number of nitrogens with one attached hydrogen (secondary N) is 2. The van der Waals surface area contributed by atoms with E-state index in [-0.39, 0.29) is 16.7 Å². The van der Waals surface area contributed by atoms with Gasteiger partial charge in [-0.25, -0.2) is 0 Å². The van der Waals surface area contributed by atoms with Gasteiger partial charge in [0.15, 0.2) is 0 Å². The van der Waals surface area contributed by atoms with Crippen molar-refractivity contribution >= 4 is 17.7 Å². The van der Waals surface area contributed by atoms with Crippen molar-refractivity contribution in [3.05, 3.63) is 29.6 Å². The Morgan fingerprint density at radius 2 is 2.44 bits per heavy atom. The minimum absolute atomic E-state index is 0.0443. The zero-order valence-electron chi connectivity index (χ0n) is 11.0. The Bertz CT molecular complexity index is 448. The van der Waals surface area contributed by atoms with E-state index in [4.69, 9.17) is 0 Å². The lowest BCUT2D eigenvalue weighted by Crippen LogP contribution is -2.49. The lowest BCUT2D eigenvalue weighted by molar-refractivity contribution is -0.123. The van der Waals surface area contributed by atoms with Crippen LogP contribution in [-0.4, -0.2) is 27.6 Å². The quantitative estimate of drug-likeness (QED) is 0.868. The van der Waals surface area contributed by atoms with Gasteiger partial charge < -0.3 is 5.32 Å². The predicted octanol–water partition coefficient (Wildman–Crippen LogP) is 1.45. The maximum Gasteiger partial charge on any atom is 0.238 e. The van der Waals surface area contributed by atoms with Crippen molar-refractivity contribution in [2.45, 2.75) is 38.1 Å². The van der Waals surface area contributed by atoms with Crippen LogP contribution >= 0.6 is 11.8 Å². The molecule has 5 heteroatoms. The van der Waals surface area contributed by atoms with E-state index < -0.39 is 0 Å². The van der Waals surface area contributed by atoms with Crippen LogP contribution in [0.2, 0.25) is 0 Å². The van der Waals surface area contributed by atoms with Gasteiger partial charge in [0.1, 0.15) is 6.04 Å². The molecule has 2 N–H and O–H groups in total. The summed E-state index contributed by atoms with van der Waals surface area (Å²) in [5.41, 5.74) is 2.22. The smallest absolute Gasteiger partial charge is 0.238 e. The largest absolute Gasteiger partial charge is 0.351 e. The fourth-order valence-electron chi connectivity index (χ4n) is 2.03. The molecule has 1 amide bonds. The topological polar surface area (TPSA) is 54.0 Å². The normalized spacial score (nSPS) is 21.8. The van der Waals surface area contributed by atoms with E-state index in [0.29, 0.717) is 6.54 Å². The Morgan fingerprint density at radius 3 is 3.06 bits per heavy atom. The molecule has 1 aliphatic heterocycles. The van der Waals surface area contributed by atoms with Crippen LogP contribution in [0.3, 0.4) is 0 Å². The van der Waals surface area contributed by atoms with Gasteiger partial charge in [-0.15, -0.1) is 11.8 Å². The van der Waals surface area contributed by atoms with Gasteiger partial charge in [-0.05, 0) is 38.0 Å². The minimum Gasteiger partial charge on any atom is -0.351 e. The molecule has 1 unspecified atom stereocenters. The molecule has 1 atom stereocenters. The van der Waals surface area contributed by atoms with Gasteiger partial charge in [0.25, 0.3) is 0 Å². The molecule has 1 saturated heterocycles. The van der Waals surface area contributed by atoms with Crippen LogP contribution in [0.25, 0.3) is 0 Å². The maximum atomic E-state index is 12.1. The summed E-state index contributed by atoms with van der Waals surface area (Å²) in [4.78, 5) is 16.2. The third-order valence-electron chi connectivity index (χ3n) is 3.28. The fraction of sp³-hybridized carbons (Fsp3) is 0.538. The van der Waals surface area contributed by atoms with Gasteiger partial charge in [-0.2, -0.15) is 0 Å². The van der Waals surface area contributed by atoms with Gasteiger partial charge in [-0.3, -0.25) is 15.1 Å². The molecule has 0 radical (unpaired) electrons. The van der Waals surface area contributed by atoms with Gasteiger partial charge in [0.2, 0.25) is 5.91 Å². The number of nitrogens with zero attached hydrogens (tertiary/aromatic N) is 1. The first-order chi connectivity index (χ1) is 8.50. The van der Waals surface area contributed by atoms with Crippen LogP contribution < -0.4 is 10.6 Å². The van der Waals surface area contributed by atoms with Crippen LogP contribution in [-0.2, 0) is 11.3 Å². The first kappa shape index (κ1) is 13.4. The third kappa shape index (κ3) is 2.84. The van der Waals surface area contributed by atoms with Gasteiger partial charge in [-0.1, -0.05) is 0 Å². The van der Waals surface area contributed by atoms with E-state index in [0.717, 1.165) is 17.0 Å². The Hall–Kier alpha value is -1.07. The lowest BCUT2D eigenvalue weighted by Gasteiger charge is -2.24. The molecule has 0 aromatic carbocycles. The molecule has 98 valence electrons. The SMILES string of the molecule is Cc1cnccc1CNC(=O)C1NCSC1(C)C. The third-order valence-corrected chi connectivity index (χ3v) is 4.57. The van der Waals surface area contributed by atoms with Crippen molar-refractivity contribution in [3.8, 4) is 0 Å². The number of aromatic nitrogens is 1. The van der Waals surface area contributed by atoms with Crippen LogP contribution in [0.15, 0.2) is 18.5 Å². The number of carbonyl (C=O) groups excluding carboxylic acids is 1. The number of rotatable bonds is 3. The van der Waals surface area contributed by atoms with Gasteiger partial charge in [0, 0.05) is 29.6 Å². The molecule has 18 heavy (non-hydrogen) atoms. The summed E-state index contributed by atoms with van der Waals surface area (Å²) in [7, 11) is 0. The number of aryl methyl sites for hydroxylation is 1. The zero-order valence-corrected chi connectivity index (χ0v) is 11.8. The summed E-state index contributed by atoms with van der Waals surface area (Å²) >= 11 is 1.78. The average molecular weight is 265 g/mol. The number of thioether (sulfide) groups is 1. The number of pyridine rings is 1. The van der Waals surface area contributed by atoms with Crippen LogP contribution in [0.5, 0.6) is 0 Å². The van der Waals surface area contributed by atoms with Crippen molar-refractivity contribution in [1.29, 1.82) is 0 Å². The molecule has 2 rings (SSSR count). The van der Waals surface area contributed by atoms with E-state index in [2.05, 4.69) is 29.5 Å². The Morgan fingerprint density at radius 1 is 1.67 bits per heavy atom. The molecule has 4 nitrogen and oxygen atoms in total. The molecule has 1 aromatic rings. The molecule has 0 spiro atoms. The highest BCUT2D eigenvalue weighted by Gasteiger charge is 2.39. The summed E-state index contributed by atoms with van der Waals surface area (Å²) in [5, 5.41) is 6.23. The van der Waals surface area contributed by atoms with E-state index in [9.17, 15) is 4.79 Å². The Balaban J connectivity index is 1.95. The lowest BCUT2D eigenvalue weighted by atomic mass is 10.0. The standard InChI is InChI=1S/C13H19N3OS/c1-9-6-14-5-4-10(9)7-15-12(17)11-13(2,3)18-8-16-11/h4-6,11,16H,7-8H2,1-3H3,(H,15,17). The van der Waals surface area contributed by atoms with Crippen molar-refractivity contribution in [2.75, 3.05) is 5.88 Å². The first-order valence-corrected chi connectivity index (χ1v) is 7.04. The molecule has 1 aromatic heterocycles. The summed E-state index contributed by atoms with van der Waals surface area (Å²) in [6.07, 6.45) is 3.57. The Kier molecular flexibility index (Phi) is 3.92. The van der Waals surface area contributed by atoms with Crippen molar-refractivity contribution in [1.82, 2.24) is 15.6 Å². The highest BCUT2D eigenvalue weighted by Crippen LogP contribution is 2.32. The molecule has 0 bridgehead atoms. The highest BCUT2D eigenvalue weighted by molar-refractivity contribution is 8.00. The highest BCUT2D eigenvalue weighted by atomic mass is 32.2. The minimum atomic E-state index is -0.121. The molecule has 1 fully saturated rings. The number of amides is 1. The van der Waals surface area contributed by atoms with E-state index in [1.54, 1.807) is 18.0 Å². The molecule has 2 heterocycles.